The van der Waals surface area contributed by atoms with Crippen LogP contribution < -0.4 is 25.0 Å². The van der Waals surface area contributed by atoms with Crippen molar-refractivity contribution in [2.24, 2.45) is 0 Å². The highest BCUT2D eigenvalue weighted by molar-refractivity contribution is 7.19. The molecule has 0 radical (unpaired) electrons. The first-order valence-electron chi connectivity index (χ1n) is 11.8. The van der Waals surface area contributed by atoms with Crippen molar-refractivity contribution >= 4 is 39.8 Å². The number of rotatable bonds is 7. The van der Waals surface area contributed by atoms with Crippen LogP contribution in [0.4, 0.5) is 34.5 Å². The number of halogens is 3. The lowest BCUT2D eigenvalue weighted by molar-refractivity contribution is -0.137. The van der Waals surface area contributed by atoms with Crippen molar-refractivity contribution < 1.29 is 32.2 Å². The Morgan fingerprint density at radius 3 is 2.42 bits per heavy atom. The molecule has 40 heavy (non-hydrogen) atoms. The Bertz CT molecular complexity index is 1530. The fourth-order valence-electron chi connectivity index (χ4n) is 3.74. The molecular formula is C25H20F3N7O4S. The van der Waals surface area contributed by atoms with Gasteiger partial charge in [-0.2, -0.15) is 13.2 Å². The van der Waals surface area contributed by atoms with Crippen molar-refractivity contribution in [3.8, 4) is 28.1 Å². The molecule has 4 heterocycles. The van der Waals surface area contributed by atoms with E-state index in [1.165, 1.54) is 30.8 Å². The van der Waals surface area contributed by atoms with Crippen LogP contribution in [0, 0.1) is 0 Å². The average Bonchev–Trinajstić information content (AvgIpc) is 3.59. The summed E-state index contributed by atoms with van der Waals surface area (Å²) in [5.41, 5.74) is -0.242. The van der Waals surface area contributed by atoms with Crippen LogP contribution in [0.1, 0.15) is 18.4 Å². The Labute approximate surface area is 229 Å². The van der Waals surface area contributed by atoms with E-state index in [9.17, 15) is 22.8 Å². The number of hydrogen-bond donors (Lipinski definition) is 2. The van der Waals surface area contributed by atoms with Crippen LogP contribution in [-0.2, 0) is 11.0 Å². The van der Waals surface area contributed by atoms with E-state index >= 15 is 0 Å². The van der Waals surface area contributed by atoms with Gasteiger partial charge in [-0.15, -0.1) is 0 Å². The quantitative estimate of drug-likeness (QED) is 0.294. The van der Waals surface area contributed by atoms with Crippen LogP contribution in [0.3, 0.4) is 0 Å². The fraction of sp³-hybridized carbons (Fsp3) is 0.200. The molecule has 1 aliphatic heterocycles. The van der Waals surface area contributed by atoms with Gasteiger partial charge < -0.3 is 20.1 Å². The Morgan fingerprint density at radius 2 is 1.77 bits per heavy atom. The van der Waals surface area contributed by atoms with E-state index in [4.69, 9.17) is 9.47 Å². The maximum absolute atomic E-state index is 13.0. The Kier molecular flexibility index (Phi) is 7.46. The molecular weight excluding hydrogens is 551 g/mol. The molecule has 5 rings (SSSR count). The molecule has 1 aromatic carbocycles. The number of pyridine rings is 1. The van der Waals surface area contributed by atoms with Gasteiger partial charge in [-0.3, -0.25) is 9.69 Å². The summed E-state index contributed by atoms with van der Waals surface area (Å²) in [6, 6.07) is 7.02. The predicted molar refractivity (Wildman–Crippen MR) is 140 cm³/mol. The number of urea groups is 1. The number of alkyl halides is 3. The molecule has 1 fully saturated rings. The van der Waals surface area contributed by atoms with Gasteiger partial charge in [-0.05, 0) is 42.3 Å². The van der Waals surface area contributed by atoms with Crippen LogP contribution in [-0.4, -0.2) is 45.5 Å². The van der Waals surface area contributed by atoms with Gasteiger partial charge in [0, 0.05) is 25.4 Å². The summed E-state index contributed by atoms with van der Waals surface area (Å²) < 4.78 is 49.6. The number of anilines is 3. The molecule has 0 saturated carbocycles. The topological polar surface area (TPSA) is 131 Å². The zero-order valence-electron chi connectivity index (χ0n) is 20.7. The van der Waals surface area contributed by atoms with E-state index in [1.807, 2.05) is 12.1 Å². The molecule has 11 nitrogen and oxygen atoms in total. The van der Waals surface area contributed by atoms with Gasteiger partial charge in [0.25, 0.3) is 0 Å². The van der Waals surface area contributed by atoms with Crippen molar-refractivity contribution in [1.82, 2.24) is 19.9 Å². The lowest BCUT2D eigenvalue weighted by atomic mass is 10.2. The van der Waals surface area contributed by atoms with Crippen LogP contribution in [0.2, 0.25) is 0 Å². The Morgan fingerprint density at radius 1 is 1.02 bits per heavy atom. The average molecular weight is 572 g/mol. The summed E-state index contributed by atoms with van der Waals surface area (Å²) in [5.74, 6) is 0.359. The third kappa shape index (κ3) is 6.09. The van der Waals surface area contributed by atoms with Gasteiger partial charge in [0.2, 0.25) is 11.8 Å². The number of hydrogen-bond acceptors (Lipinski definition) is 9. The van der Waals surface area contributed by atoms with Crippen LogP contribution in [0.25, 0.3) is 10.4 Å². The van der Waals surface area contributed by atoms with E-state index in [2.05, 4.69) is 30.6 Å². The standard InChI is InChI=1S/C25H20F3N7O4S/c1-38-21-18(9-15(10-29-21)25(26,27)28)34-22(37)33-16-11-30-23(31-12-16)39-17-6-4-14(5-7-17)19-13-32-24(40-19)35-8-2-3-20(35)36/h4-7,9-13H,2-3,8H2,1H3,(H2,33,34,37). The first-order valence-corrected chi connectivity index (χ1v) is 12.6. The third-order valence-electron chi connectivity index (χ3n) is 5.65. The zero-order chi connectivity index (χ0) is 28.3. The molecule has 15 heteroatoms. The summed E-state index contributed by atoms with van der Waals surface area (Å²) in [4.78, 5) is 42.9. The second-order valence-electron chi connectivity index (χ2n) is 8.39. The van der Waals surface area contributed by atoms with Gasteiger partial charge in [0.15, 0.2) is 5.13 Å². The van der Waals surface area contributed by atoms with Crippen LogP contribution in [0.15, 0.2) is 55.1 Å². The summed E-state index contributed by atoms with van der Waals surface area (Å²) in [5, 5.41) is 5.36. The minimum atomic E-state index is -4.64. The highest BCUT2D eigenvalue weighted by Gasteiger charge is 2.32. The smallest absolute Gasteiger partial charge is 0.417 e. The number of amides is 3. The zero-order valence-corrected chi connectivity index (χ0v) is 21.5. The van der Waals surface area contributed by atoms with Gasteiger partial charge in [-0.1, -0.05) is 11.3 Å². The van der Waals surface area contributed by atoms with E-state index < -0.39 is 17.8 Å². The molecule has 3 aromatic heterocycles. The van der Waals surface area contributed by atoms with Gasteiger partial charge >= 0.3 is 18.2 Å². The molecule has 0 atom stereocenters. The number of aromatic nitrogens is 4. The highest BCUT2D eigenvalue weighted by atomic mass is 32.1. The number of thiazole rings is 1. The molecule has 4 aromatic rings. The predicted octanol–water partition coefficient (Wildman–Crippen LogP) is 5.59. The lowest BCUT2D eigenvalue weighted by Gasteiger charge is -2.13. The van der Waals surface area contributed by atoms with E-state index in [0.717, 1.165) is 16.9 Å². The molecule has 0 bridgehead atoms. The van der Waals surface area contributed by atoms with Crippen molar-refractivity contribution in [3.63, 3.8) is 0 Å². The number of carbonyl (C=O) groups excluding carboxylic acids is 2. The van der Waals surface area contributed by atoms with Gasteiger partial charge in [0.1, 0.15) is 11.4 Å². The maximum atomic E-state index is 13.0. The molecule has 0 unspecified atom stereocenters. The number of methoxy groups -OCH3 is 1. The maximum Gasteiger partial charge on any atom is 0.417 e. The summed E-state index contributed by atoms with van der Waals surface area (Å²) in [6.45, 7) is 0.680. The SMILES string of the molecule is COc1ncc(C(F)(F)F)cc1NC(=O)Nc1cnc(Oc2ccc(-c3cnc(N4CCCC4=O)s3)cc2)nc1. The molecule has 1 saturated heterocycles. The van der Waals surface area contributed by atoms with E-state index in [0.29, 0.717) is 36.1 Å². The minimum absolute atomic E-state index is 0.00933. The molecule has 2 N–H and O–H groups in total. The van der Waals surface area contributed by atoms with Crippen molar-refractivity contribution in [2.45, 2.75) is 19.0 Å². The summed E-state index contributed by atoms with van der Waals surface area (Å²) >= 11 is 1.44. The first-order chi connectivity index (χ1) is 19.2. The van der Waals surface area contributed by atoms with Crippen LogP contribution in [0.5, 0.6) is 17.6 Å². The monoisotopic (exact) mass is 571 g/mol. The first kappa shape index (κ1) is 26.8. The number of ether oxygens (including phenoxy) is 2. The fourth-order valence-corrected chi connectivity index (χ4v) is 4.71. The van der Waals surface area contributed by atoms with Crippen molar-refractivity contribution in [1.29, 1.82) is 0 Å². The van der Waals surface area contributed by atoms with Crippen molar-refractivity contribution in [3.05, 3.63) is 60.7 Å². The molecule has 0 spiro atoms. The second kappa shape index (κ2) is 11.1. The van der Waals surface area contributed by atoms with E-state index in [-0.39, 0.29) is 29.2 Å². The normalized spacial score (nSPS) is 13.3. The van der Waals surface area contributed by atoms with E-state index in [1.54, 1.807) is 23.2 Å². The van der Waals surface area contributed by atoms with Crippen LogP contribution >= 0.6 is 11.3 Å². The molecule has 0 aliphatic carbocycles. The number of nitrogens with zero attached hydrogens (tertiary/aromatic N) is 5. The molecule has 1 aliphatic rings. The second-order valence-corrected chi connectivity index (χ2v) is 9.40. The minimum Gasteiger partial charge on any atom is -0.480 e. The Balaban J connectivity index is 1.18. The third-order valence-corrected chi connectivity index (χ3v) is 6.72. The lowest BCUT2D eigenvalue weighted by Crippen LogP contribution is -2.23. The Hall–Kier alpha value is -4.79. The largest absolute Gasteiger partial charge is 0.480 e. The van der Waals surface area contributed by atoms with Gasteiger partial charge in [-0.25, -0.2) is 24.7 Å². The summed E-state index contributed by atoms with van der Waals surface area (Å²) in [7, 11) is 1.21. The molecule has 206 valence electrons. The number of benzene rings is 1. The number of carbonyl (C=O) groups is 2. The number of nitrogens with one attached hydrogen (secondary N) is 2. The van der Waals surface area contributed by atoms with Crippen molar-refractivity contribution in [2.75, 3.05) is 29.2 Å². The van der Waals surface area contributed by atoms with Gasteiger partial charge in [0.05, 0.1) is 35.6 Å². The summed E-state index contributed by atoms with van der Waals surface area (Å²) in [6.07, 6.45) is 1.61. The molecule has 3 amide bonds. The highest BCUT2D eigenvalue weighted by Crippen LogP contribution is 2.35.